The van der Waals surface area contributed by atoms with E-state index in [4.69, 9.17) is 5.73 Å². The minimum Gasteiger partial charge on any atom is -0.341 e. The van der Waals surface area contributed by atoms with E-state index < -0.39 is 0 Å². The van der Waals surface area contributed by atoms with Crippen LogP contribution in [0.3, 0.4) is 0 Å². The lowest BCUT2D eigenvalue weighted by molar-refractivity contribution is -0.133. The first-order valence-corrected chi connectivity index (χ1v) is 6.13. The van der Waals surface area contributed by atoms with Crippen LogP contribution in [-0.2, 0) is 4.79 Å². The number of carbonyl (C=O) groups excluding carboxylic acids is 2. The van der Waals surface area contributed by atoms with E-state index in [9.17, 15) is 9.59 Å². The van der Waals surface area contributed by atoms with Gasteiger partial charge in [-0.05, 0) is 12.8 Å². The Balaban J connectivity index is 1.88. The molecule has 0 aliphatic carbocycles. The second-order valence-electron chi connectivity index (χ2n) is 3.96. The number of nitrogens with zero attached hydrogens (tertiary/aromatic N) is 1. The highest BCUT2D eigenvalue weighted by Crippen LogP contribution is 2.17. The molecule has 0 radical (unpaired) electrons. The Morgan fingerprint density at radius 3 is 2.67 bits per heavy atom. The predicted octanol–water partition coefficient (Wildman–Crippen LogP) is -0.239. The zero-order chi connectivity index (χ0) is 10.8. The van der Waals surface area contributed by atoms with Crippen LogP contribution in [0.15, 0.2) is 0 Å². The molecule has 0 bridgehead atoms. The monoisotopic (exact) mass is 229 g/mol. The third-order valence-corrected chi connectivity index (χ3v) is 3.70. The summed E-state index contributed by atoms with van der Waals surface area (Å²) >= 11 is 1.18. The Morgan fingerprint density at radius 2 is 2.13 bits per heavy atom. The maximum absolute atomic E-state index is 11.9. The summed E-state index contributed by atoms with van der Waals surface area (Å²) in [4.78, 5) is 24.7. The van der Waals surface area contributed by atoms with E-state index in [1.54, 1.807) is 4.90 Å². The summed E-state index contributed by atoms with van der Waals surface area (Å²) in [6, 6.07) is -0.0987. The fourth-order valence-electron chi connectivity index (χ4n) is 1.86. The van der Waals surface area contributed by atoms with Crippen molar-refractivity contribution in [1.82, 2.24) is 10.2 Å². The topological polar surface area (TPSA) is 75.4 Å². The molecule has 0 aromatic heterocycles. The van der Waals surface area contributed by atoms with Crippen molar-refractivity contribution in [1.29, 1.82) is 0 Å². The molecule has 1 atom stereocenters. The number of nitrogens with two attached hydrogens (primary N) is 1. The number of thioether (sulfide) groups is 1. The number of amides is 2. The molecule has 0 aromatic carbocycles. The van der Waals surface area contributed by atoms with Gasteiger partial charge in [0.15, 0.2) is 0 Å². The molecule has 2 aliphatic heterocycles. The summed E-state index contributed by atoms with van der Waals surface area (Å²) in [5, 5.41) is 2.57. The lowest BCUT2D eigenvalue weighted by atomic mass is 10.1. The zero-order valence-electron chi connectivity index (χ0n) is 8.44. The van der Waals surface area contributed by atoms with E-state index >= 15 is 0 Å². The second-order valence-corrected chi connectivity index (χ2v) is 4.95. The predicted molar refractivity (Wildman–Crippen MR) is 58.6 cm³/mol. The maximum atomic E-state index is 11.9. The highest BCUT2D eigenvalue weighted by Gasteiger charge is 2.32. The average Bonchev–Trinajstić information content (AvgIpc) is 2.65. The van der Waals surface area contributed by atoms with E-state index in [1.165, 1.54) is 11.8 Å². The molecule has 6 heteroatoms. The minimum atomic E-state index is -0.322. The molecule has 3 N–H and O–H groups in total. The largest absolute Gasteiger partial charge is 0.341 e. The number of rotatable bonds is 1. The first-order chi connectivity index (χ1) is 7.16. The van der Waals surface area contributed by atoms with Crippen molar-refractivity contribution in [3.63, 3.8) is 0 Å². The lowest BCUT2D eigenvalue weighted by Crippen LogP contribution is -2.50. The first-order valence-electron chi connectivity index (χ1n) is 5.14. The number of carbonyl (C=O) groups is 2. The van der Waals surface area contributed by atoms with Crippen molar-refractivity contribution < 1.29 is 9.59 Å². The van der Waals surface area contributed by atoms with Crippen LogP contribution < -0.4 is 11.1 Å². The summed E-state index contributed by atoms with van der Waals surface area (Å²) in [7, 11) is 0. The number of nitrogens with one attached hydrogen (secondary N) is 1. The quantitative estimate of drug-likeness (QED) is 0.651. The van der Waals surface area contributed by atoms with Gasteiger partial charge >= 0.3 is 0 Å². The van der Waals surface area contributed by atoms with Crippen molar-refractivity contribution in [2.45, 2.75) is 24.9 Å². The maximum Gasteiger partial charge on any atom is 0.279 e. The molecule has 0 unspecified atom stereocenters. The molecule has 0 spiro atoms. The molecule has 2 rings (SSSR count). The number of likely N-dealkylation sites (tertiary alicyclic amines) is 1. The standard InChI is InChI=1S/C9H15N3O2S/c10-6-1-3-12(4-2-6)8(13)7-5-15-9(14)11-7/h6-7H,1-5,10H2,(H,11,14)/t7-/m0/s1. The summed E-state index contributed by atoms with van der Waals surface area (Å²) in [6.45, 7) is 1.44. The van der Waals surface area contributed by atoms with Gasteiger partial charge in [-0.2, -0.15) is 0 Å². The van der Waals surface area contributed by atoms with Gasteiger partial charge in [0.05, 0.1) is 0 Å². The molecule has 15 heavy (non-hydrogen) atoms. The van der Waals surface area contributed by atoms with E-state index in [0.29, 0.717) is 5.75 Å². The van der Waals surface area contributed by atoms with Crippen LogP contribution >= 0.6 is 11.8 Å². The Hall–Kier alpha value is -0.750. The molecule has 2 heterocycles. The highest BCUT2D eigenvalue weighted by atomic mass is 32.2. The van der Waals surface area contributed by atoms with Crippen molar-refractivity contribution in [2.24, 2.45) is 5.73 Å². The highest BCUT2D eigenvalue weighted by molar-refractivity contribution is 8.14. The average molecular weight is 229 g/mol. The van der Waals surface area contributed by atoms with Gasteiger partial charge in [-0.15, -0.1) is 0 Å². The molecule has 5 nitrogen and oxygen atoms in total. The van der Waals surface area contributed by atoms with Crippen LogP contribution in [0, 0.1) is 0 Å². The van der Waals surface area contributed by atoms with Crippen LogP contribution in [0.4, 0.5) is 4.79 Å². The molecule has 0 aromatic rings. The zero-order valence-corrected chi connectivity index (χ0v) is 9.26. The summed E-state index contributed by atoms with van der Waals surface area (Å²) in [5.74, 6) is 0.598. The van der Waals surface area contributed by atoms with Crippen molar-refractivity contribution >= 4 is 22.9 Å². The summed E-state index contributed by atoms with van der Waals surface area (Å²) < 4.78 is 0. The Bertz CT molecular complexity index is 277. The number of piperidine rings is 1. The molecular weight excluding hydrogens is 214 g/mol. The van der Waals surface area contributed by atoms with Crippen molar-refractivity contribution in [2.75, 3.05) is 18.8 Å². The van der Waals surface area contributed by atoms with Gasteiger partial charge in [-0.1, -0.05) is 11.8 Å². The van der Waals surface area contributed by atoms with Gasteiger partial charge in [-0.3, -0.25) is 9.59 Å². The van der Waals surface area contributed by atoms with E-state index in [-0.39, 0.29) is 23.2 Å². The third kappa shape index (κ3) is 2.43. The SMILES string of the molecule is NC1CCN(C(=O)[C@@H]2CSC(=O)N2)CC1. The fourth-order valence-corrected chi connectivity index (χ4v) is 2.63. The van der Waals surface area contributed by atoms with Crippen LogP contribution in [0.2, 0.25) is 0 Å². The molecule has 0 saturated carbocycles. The van der Waals surface area contributed by atoms with Gasteiger partial charge < -0.3 is 16.0 Å². The van der Waals surface area contributed by atoms with Crippen LogP contribution in [0.25, 0.3) is 0 Å². The lowest BCUT2D eigenvalue weighted by Gasteiger charge is -2.31. The third-order valence-electron chi connectivity index (χ3n) is 2.82. The Morgan fingerprint density at radius 1 is 1.47 bits per heavy atom. The van der Waals surface area contributed by atoms with Crippen molar-refractivity contribution in [3.8, 4) is 0 Å². The minimum absolute atomic E-state index is 0.0419. The van der Waals surface area contributed by atoms with Crippen LogP contribution in [0.5, 0.6) is 0 Å². The summed E-state index contributed by atoms with van der Waals surface area (Å²) in [6.07, 6.45) is 1.72. The Labute approximate surface area is 92.7 Å². The fraction of sp³-hybridized carbons (Fsp3) is 0.778. The number of hydrogen-bond acceptors (Lipinski definition) is 4. The summed E-state index contributed by atoms with van der Waals surface area (Å²) in [5.41, 5.74) is 5.76. The smallest absolute Gasteiger partial charge is 0.279 e. The molecule has 84 valence electrons. The first kappa shape index (κ1) is 10.8. The molecule has 2 aliphatic rings. The van der Waals surface area contributed by atoms with E-state index in [1.807, 2.05) is 0 Å². The molecule has 2 saturated heterocycles. The Kier molecular flexibility index (Phi) is 3.16. The van der Waals surface area contributed by atoms with Gasteiger partial charge in [0, 0.05) is 24.9 Å². The van der Waals surface area contributed by atoms with Gasteiger partial charge in [0.2, 0.25) is 5.91 Å². The van der Waals surface area contributed by atoms with Crippen LogP contribution in [-0.4, -0.2) is 47.0 Å². The normalized spacial score (nSPS) is 27.9. The van der Waals surface area contributed by atoms with Gasteiger partial charge in [-0.25, -0.2) is 0 Å². The molecule has 2 amide bonds. The van der Waals surface area contributed by atoms with E-state index in [2.05, 4.69) is 5.32 Å². The molecular formula is C9H15N3O2S. The van der Waals surface area contributed by atoms with Crippen LogP contribution in [0.1, 0.15) is 12.8 Å². The van der Waals surface area contributed by atoms with E-state index in [0.717, 1.165) is 25.9 Å². The van der Waals surface area contributed by atoms with Gasteiger partial charge in [0.25, 0.3) is 5.24 Å². The molecule has 2 fully saturated rings. The van der Waals surface area contributed by atoms with Gasteiger partial charge in [0.1, 0.15) is 6.04 Å². The number of hydrogen-bond donors (Lipinski definition) is 2. The second kappa shape index (κ2) is 4.40. The van der Waals surface area contributed by atoms with Crippen molar-refractivity contribution in [3.05, 3.63) is 0 Å².